The van der Waals surface area contributed by atoms with Gasteiger partial charge in [-0.15, -0.1) is 0 Å². The first-order chi connectivity index (χ1) is 9.38. The van der Waals surface area contributed by atoms with Gasteiger partial charge in [0.15, 0.2) is 0 Å². The zero-order valence-electron chi connectivity index (χ0n) is 12.2. The molecular formula is C18H27N. The van der Waals surface area contributed by atoms with E-state index in [1.165, 1.54) is 45.3 Å². The second-order valence-corrected chi connectivity index (χ2v) is 5.69. The molecule has 19 heavy (non-hydrogen) atoms. The van der Waals surface area contributed by atoms with Crippen molar-refractivity contribution < 1.29 is 0 Å². The predicted octanol–water partition coefficient (Wildman–Crippen LogP) is 4.35. The Hall–Kier alpha value is -1.08. The minimum absolute atomic E-state index is 0.625. The zero-order valence-corrected chi connectivity index (χ0v) is 12.2. The van der Waals surface area contributed by atoms with Gasteiger partial charge in [0, 0.05) is 24.9 Å². The van der Waals surface area contributed by atoms with E-state index in [2.05, 4.69) is 60.4 Å². The highest BCUT2D eigenvalue weighted by atomic mass is 15.1. The number of allylic oxidation sites excluding steroid dienone is 4. The van der Waals surface area contributed by atoms with Crippen LogP contribution in [-0.4, -0.2) is 24.5 Å². The Morgan fingerprint density at radius 3 is 1.74 bits per heavy atom. The lowest BCUT2D eigenvalue weighted by Crippen LogP contribution is -2.32. The molecule has 0 aromatic carbocycles. The van der Waals surface area contributed by atoms with E-state index in [9.17, 15) is 0 Å². The molecule has 0 aromatic rings. The smallest absolute Gasteiger partial charge is 0.00804 e. The molecule has 2 aliphatic rings. The second kappa shape index (κ2) is 8.16. The summed E-state index contributed by atoms with van der Waals surface area (Å²) in [6.07, 6.45) is 23.4. The summed E-state index contributed by atoms with van der Waals surface area (Å²) in [6.45, 7) is 5.88. The van der Waals surface area contributed by atoms with Crippen molar-refractivity contribution in [2.24, 2.45) is 11.8 Å². The Labute approximate surface area is 118 Å². The molecule has 0 atom stereocenters. The normalized spacial score (nSPS) is 18.4. The first-order valence-corrected chi connectivity index (χ1v) is 7.81. The molecule has 0 aromatic heterocycles. The highest BCUT2D eigenvalue weighted by Gasteiger charge is 2.14. The van der Waals surface area contributed by atoms with Crippen LogP contribution in [0, 0.1) is 11.8 Å². The summed E-state index contributed by atoms with van der Waals surface area (Å²) < 4.78 is 0. The highest BCUT2D eigenvalue weighted by Crippen LogP contribution is 2.16. The van der Waals surface area contributed by atoms with Crippen molar-refractivity contribution in [3.05, 3.63) is 48.6 Å². The highest BCUT2D eigenvalue weighted by molar-refractivity contribution is 5.19. The summed E-state index contributed by atoms with van der Waals surface area (Å²) >= 11 is 0. The Morgan fingerprint density at radius 2 is 1.26 bits per heavy atom. The molecule has 0 fully saturated rings. The standard InChI is InChI=1S/C18H27N/c1-2-3-4-9-14-19(15-17-10-5-6-11-17)16-18-12-7-8-13-18/h5-8,10-13,17-18H,2-4,9,14-16H2,1H3. The average molecular weight is 257 g/mol. The molecule has 2 rings (SSSR count). The fraction of sp³-hybridized carbons (Fsp3) is 0.556. The van der Waals surface area contributed by atoms with Crippen molar-refractivity contribution in [3.8, 4) is 0 Å². The van der Waals surface area contributed by atoms with E-state index in [4.69, 9.17) is 0 Å². The quantitative estimate of drug-likeness (QED) is 0.555. The van der Waals surface area contributed by atoms with Gasteiger partial charge >= 0.3 is 0 Å². The molecule has 0 N–H and O–H groups in total. The summed E-state index contributed by atoms with van der Waals surface area (Å²) in [6, 6.07) is 0. The third kappa shape index (κ3) is 5.20. The molecule has 0 unspecified atom stereocenters. The van der Waals surface area contributed by atoms with Crippen LogP contribution in [0.3, 0.4) is 0 Å². The van der Waals surface area contributed by atoms with E-state index < -0.39 is 0 Å². The SMILES string of the molecule is CCCCCCN(CC1C=CC=C1)CC1C=CC=C1. The van der Waals surface area contributed by atoms with E-state index in [1.807, 2.05) is 0 Å². The molecule has 0 heterocycles. The van der Waals surface area contributed by atoms with Crippen LogP contribution in [0.1, 0.15) is 32.6 Å². The Bertz CT molecular complexity index is 308. The zero-order chi connectivity index (χ0) is 13.3. The van der Waals surface area contributed by atoms with Crippen LogP contribution in [0.15, 0.2) is 48.6 Å². The van der Waals surface area contributed by atoms with Crippen molar-refractivity contribution >= 4 is 0 Å². The van der Waals surface area contributed by atoms with Gasteiger partial charge in [0.2, 0.25) is 0 Å². The molecule has 0 saturated heterocycles. The molecule has 0 amide bonds. The second-order valence-electron chi connectivity index (χ2n) is 5.69. The first kappa shape index (κ1) is 14.3. The number of nitrogens with zero attached hydrogens (tertiary/aromatic N) is 1. The Kier molecular flexibility index (Phi) is 6.16. The van der Waals surface area contributed by atoms with Crippen LogP contribution in [0.4, 0.5) is 0 Å². The summed E-state index contributed by atoms with van der Waals surface area (Å²) in [4.78, 5) is 2.64. The largest absolute Gasteiger partial charge is 0.302 e. The average Bonchev–Trinajstić information content (AvgIpc) is 3.08. The third-order valence-corrected chi connectivity index (χ3v) is 3.92. The van der Waals surface area contributed by atoms with Gasteiger partial charge in [-0.05, 0) is 13.0 Å². The maximum absolute atomic E-state index is 2.64. The molecule has 1 nitrogen and oxygen atoms in total. The van der Waals surface area contributed by atoms with E-state index in [0.717, 1.165) is 0 Å². The molecular weight excluding hydrogens is 230 g/mol. The number of hydrogen-bond acceptors (Lipinski definition) is 1. The van der Waals surface area contributed by atoms with Crippen molar-refractivity contribution in [2.45, 2.75) is 32.6 Å². The van der Waals surface area contributed by atoms with E-state index in [0.29, 0.717) is 11.8 Å². The van der Waals surface area contributed by atoms with Crippen LogP contribution in [0.5, 0.6) is 0 Å². The Balaban J connectivity index is 1.77. The summed E-state index contributed by atoms with van der Waals surface area (Å²) in [5.41, 5.74) is 0. The topological polar surface area (TPSA) is 3.24 Å². The molecule has 104 valence electrons. The van der Waals surface area contributed by atoms with E-state index in [1.54, 1.807) is 0 Å². The lowest BCUT2D eigenvalue weighted by molar-refractivity contribution is 0.244. The number of hydrogen-bond donors (Lipinski definition) is 0. The van der Waals surface area contributed by atoms with Gasteiger partial charge in [0.05, 0.1) is 0 Å². The van der Waals surface area contributed by atoms with E-state index in [-0.39, 0.29) is 0 Å². The fourth-order valence-corrected chi connectivity index (χ4v) is 2.81. The summed E-state index contributed by atoms with van der Waals surface area (Å²) in [5, 5.41) is 0. The van der Waals surface area contributed by atoms with Crippen molar-refractivity contribution in [1.82, 2.24) is 4.90 Å². The van der Waals surface area contributed by atoms with Gasteiger partial charge in [-0.1, -0.05) is 74.8 Å². The first-order valence-electron chi connectivity index (χ1n) is 7.81. The van der Waals surface area contributed by atoms with Crippen molar-refractivity contribution in [3.63, 3.8) is 0 Å². The Morgan fingerprint density at radius 1 is 0.737 bits per heavy atom. The van der Waals surface area contributed by atoms with Crippen LogP contribution >= 0.6 is 0 Å². The van der Waals surface area contributed by atoms with Gasteiger partial charge in [0.25, 0.3) is 0 Å². The van der Waals surface area contributed by atoms with Crippen molar-refractivity contribution in [1.29, 1.82) is 0 Å². The van der Waals surface area contributed by atoms with Crippen LogP contribution in [0.2, 0.25) is 0 Å². The van der Waals surface area contributed by atoms with Crippen LogP contribution in [-0.2, 0) is 0 Å². The van der Waals surface area contributed by atoms with Gasteiger partial charge in [0.1, 0.15) is 0 Å². The molecule has 0 spiro atoms. The molecule has 2 aliphatic carbocycles. The minimum atomic E-state index is 0.625. The molecule has 0 aliphatic heterocycles. The monoisotopic (exact) mass is 257 g/mol. The minimum Gasteiger partial charge on any atom is -0.302 e. The van der Waals surface area contributed by atoms with Gasteiger partial charge < -0.3 is 4.90 Å². The maximum Gasteiger partial charge on any atom is 0.00804 e. The molecule has 1 heteroatoms. The third-order valence-electron chi connectivity index (χ3n) is 3.92. The van der Waals surface area contributed by atoms with Gasteiger partial charge in [-0.25, -0.2) is 0 Å². The molecule has 0 bridgehead atoms. The maximum atomic E-state index is 2.64. The lowest BCUT2D eigenvalue weighted by Gasteiger charge is -2.26. The van der Waals surface area contributed by atoms with Gasteiger partial charge in [-0.2, -0.15) is 0 Å². The molecule has 0 saturated carbocycles. The number of unbranched alkanes of at least 4 members (excludes halogenated alkanes) is 3. The summed E-state index contributed by atoms with van der Waals surface area (Å²) in [7, 11) is 0. The van der Waals surface area contributed by atoms with Crippen molar-refractivity contribution in [2.75, 3.05) is 19.6 Å². The van der Waals surface area contributed by atoms with Gasteiger partial charge in [-0.3, -0.25) is 0 Å². The van der Waals surface area contributed by atoms with Crippen LogP contribution in [0.25, 0.3) is 0 Å². The number of rotatable bonds is 9. The molecule has 0 radical (unpaired) electrons. The summed E-state index contributed by atoms with van der Waals surface area (Å²) in [5.74, 6) is 1.25. The fourth-order valence-electron chi connectivity index (χ4n) is 2.81. The van der Waals surface area contributed by atoms with Crippen LogP contribution < -0.4 is 0 Å². The van der Waals surface area contributed by atoms with E-state index >= 15 is 0 Å². The lowest BCUT2D eigenvalue weighted by atomic mass is 10.1. The predicted molar refractivity (Wildman–Crippen MR) is 84.1 cm³/mol.